The second-order valence-corrected chi connectivity index (χ2v) is 4.78. The Balaban J connectivity index is 2.72. The Hall–Kier alpha value is -0.340. The van der Waals surface area contributed by atoms with Crippen LogP contribution in [0.4, 0.5) is 4.39 Å². The van der Waals surface area contributed by atoms with E-state index in [9.17, 15) is 4.39 Å². The van der Waals surface area contributed by atoms with E-state index in [4.69, 9.17) is 11.6 Å². The third kappa shape index (κ3) is 4.80. The maximum Gasteiger partial charge on any atom is 0.124 e. The van der Waals surface area contributed by atoms with Gasteiger partial charge in [0.05, 0.1) is 0 Å². The topological polar surface area (TPSA) is 0 Å². The highest BCUT2D eigenvalue weighted by atomic mass is 79.9. The van der Waals surface area contributed by atoms with Crippen LogP contribution in [0, 0.1) is 5.82 Å². The molecule has 1 rings (SSSR count). The summed E-state index contributed by atoms with van der Waals surface area (Å²) < 4.78 is 13.8. The lowest BCUT2D eigenvalue weighted by molar-refractivity contribution is 0.625. The molecule has 0 aliphatic carbocycles. The molecule has 0 bridgehead atoms. The Morgan fingerprint density at radius 2 is 2.20 bits per heavy atom. The van der Waals surface area contributed by atoms with Crippen molar-refractivity contribution in [2.75, 3.05) is 5.88 Å². The molecule has 0 spiro atoms. The summed E-state index contributed by atoms with van der Waals surface area (Å²) in [5.41, 5.74) is 2.19. The van der Waals surface area contributed by atoms with Gasteiger partial charge in [0.25, 0.3) is 0 Å². The predicted molar refractivity (Wildman–Crippen MR) is 66.9 cm³/mol. The van der Waals surface area contributed by atoms with Crippen molar-refractivity contribution in [3.8, 4) is 0 Å². The summed E-state index contributed by atoms with van der Waals surface area (Å²) in [5, 5.41) is 0. The van der Waals surface area contributed by atoms with E-state index in [0.29, 0.717) is 5.88 Å². The highest BCUT2D eigenvalue weighted by Gasteiger charge is 1.99. The first kappa shape index (κ1) is 12.7. The first-order valence-electron chi connectivity index (χ1n) is 4.78. The number of halogens is 3. The van der Waals surface area contributed by atoms with E-state index in [2.05, 4.69) is 22.0 Å². The Bertz CT molecular complexity index is 340. The molecule has 0 aromatic heterocycles. The first-order chi connectivity index (χ1) is 7.11. The predicted octanol–water partition coefficient (Wildman–Crippen LogP) is 4.71. The number of rotatable bonds is 4. The molecule has 82 valence electrons. The standard InChI is InChI=1S/C12H13BrClF/c1-9(3-2-4-14)5-10-6-11(13)8-12(15)7-10/h3,6-8H,2,4-5H2,1H3. The van der Waals surface area contributed by atoms with Crippen LogP contribution in [0.3, 0.4) is 0 Å². The van der Waals surface area contributed by atoms with Crippen molar-refractivity contribution in [2.24, 2.45) is 0 Å². The summed E-state index contributed by atoms with van der Waals surface area (Å²) >= 11 is 8.86. The summed E-state index contributed by atoms with van der Waals surface area (Å²) in [7, 11) is 0. The number of hydrogen-bond donors (Lipinski definition) is 0. The van der Waals surface area contributed by atoms with Crippen molar-refractivity contribution in [1.82, 2.24) is 0 Å². The fraction of sp³-hybridized carbons (Fsp3) is 0.333. The molecular weight excluding hydrogens is 278 g/mol. The lowest BCUT2D eigenvalue weighted by atomic mass is 10.1. The van der Waals surface area contributed by atoms with E-state index < -0.39 is 0 Å². The van der Waals surface area contributed by atoms with Crippen LogP contribution in [-0.2, 0) is 6.42 Å². The summed E-state index contributed by atoms with van der Waals surface area (Å²) in [6.07, 6.45) is 3.73. The minimum Gasteiger partial charge on any atom is -0.207 e. The van der Waals surface area contributed by atoms with Gasteiger partial charge < -0.3 is 0 Å². The molecule has 0 fully saturated rings. The van der Waals surface area contributed by atoms with E-state index in [-0.39, 0.29) is 5.82 Å². The third-order valence-electron chi connectivity index (χ3n) is 2.01. The second-order valence-electron chi connectivity index (χ2n) is 3.48. The molecule has 0 aliphatic heterocycles. The van der Waals surface area contributed by atoms with Gasteiger partial charge in [-0.25, -0.2) is 4.39 Å². The van der Waals surface area contributed by atoms with Crippen LogP contribution in [0.2, 0.25) is 0 Å². The smallest absolute Gasteiger partial charge is 0.124 e. The summed E-state index contributed by atoms with van der Waals surface area (Å²) in [6, 6.07) is 4.95. The average Bonchev–Trinajstić information content (AvgIpc) is 2.13. The van der Waals surface area contributed by atoms with Crippen LogP contribution >= 0.6 is 27.5 Å². The van der Waals surface area contributed by atoms with Gasteiger partial charge in [0, 0.05) is 10.4 Å². The molecule has 0 amide bonds. The minimum absolute atomic E-state index is 0.204. The van der Waals surface area contributed by atoms with E-state index in [0.717, 1.165) is 22.9 Å². The van der Waals surface area contributed by atoms with E-state index in [1.54, 1.807) is 6.07 Å². The molecule has 0 N–H and O–H groups in total. The normalized spacial score (nSPS) is 11.9. The SMILES string of the molecule is CC(=CCCCl)Cc1cc(F)cc(Br)c1. The highest BCUT2D eigenvalue weighted by Crippen LogP contribution is 2.17. The zero-order chi connectivity index (χ0) is 11.3. The molecule has 0 nitrogen and oxygen atoms in total. The Labute approximate surface area is 103 Å². The van der Waals surface area contributed by atoms with Gasteiger partial charge in [-0.3, -0.25) is 0 Å². The molecule has 1 aromatic rings. The molecule has 0 atom stereocenters. The highest BCUT2D eigenvalue weighted by molar-refractivity contribution is 9.10. The van der Waals surface area contributed by atoms with Gasteiger partial charge in [-0.1, -0.05) is 27.6 Å². The van der Waals surface area contributed by atoms with E-state index >= 15 is 0 Å². The van der Waals surface area contributed by atoms with E-state index in [1.165, 1.54) is 11.6 Å². The zero-order valence-corrected chi connectivity index (χ0v) is 10.9. The molecular formula is C12H13BrClF. The molecule has 0 radical (unpaired) electrons. The van der Waals surface area contributed by atoms with Gasteiger partial charge in [-0.05, 0) is 43.5 Å². The number of benzene rings is 1. The fourth-order valence-corrected chi connectivity index (χ4v) is 2.03. The van der Waals surface area contributed by atoms with Gasteiger partial charge in [0.2, 0.25) is 0 Å². The van der Waals surface area contributed by atoms with Crippen molar-refractivity contribution in [3.05, 3.63) is 45.7 Å². The molecule has 0 saturated heterocycles. The summed E-state index contributed by atoms with van der Waals surface area (Å²) in [6.45, 7) is 2.03. The van der Waals surface area contributed by atoms with Crippen LogP contribution in [0.15, 0.2) is 34.3 Å². The van der Waals surface area contributed by atoms with Crippen molar-refractivity contribution >= 4 is 27.5 Å². The van der Waals surface area contributed by atoms with Gasteiger partial charge in [0.1, 0.15) is 5.82 Å². The molecule has 15 heavy (non-hydrogen) atoms. The van der Waals surface area contributed by atoms with Crippen molar-refractivity contribution in [1.29, 1.82) is 0 Å². The summed E-state index contributed by atoms with van der Waals surface area (Å²) in [5.74, 6) is 0.425. The van der Waals surface area contributed by atoms with Crippen LogP contribution in [0.25, 0.3) is 0 Å². The lowest BCUT2D eigenvalue weighted by Gasteiger charge is -2.03. The molecule has 0 aliphatic rings. The number of alkyl halides is 1. The van der Waals surface area contributed by atoms with Crippen LogP contribution in [0.5, 0.6) is 0 Å². The van der Waals surface area contributed by atoms with Crippen LogP contribution < -0.4 is 0 Å². The number of hydrogen-bond acceptors (Lipinski definition) is 0. The van der Waals surface area contributed by atoms with E-state index in [1.807, 2.05) is 13.0 Å². The van der Waals surface area contributed by atoms with Crippen molar-refractivity contribution in [3.63, 3.8) is 0 Å². The van der Waals surface area contributed by atoms with Gasteiger partial charge in [-0.15, -0.1) is 11.6 Å². The molecule has 0 saturated carbocycles. The number of allylic oxidation sites excluding steroid dienone is 2. The van der Waals surface area contributed by atoms with Gasteiger partial charge in [0.15, 0.2) is 0 Å². The first-order valence-corrected chi connectivity index (χ1v) is 6.11. The van der Waals surface area contributed by atoms with Gasteiger partial charge >= 0.3 is 0 Å². The van der Waals surface area contributed by atoms with Crippen molar-refractivity contribution in [2.45, 2.75) is 19.8 Å². The Morgan fingerprint density at radius 3 is 2.80 bits per heavy atom. The lowest BCUT2D eigenvalue weighted by Crippen LogP contribution is -1.89. The quantitative estimate of drug-likeness (QED) is 0.557. The molecule has 3 heteroatoms. The Kier molecular flexibility index (Phi) is 5.34. The largest absolute Gasteiger partial charge is 0.207 e. The fourth-order valence-electron chi connectivity index (χ4n) is 1.41. The average molecular weight is 292 g/mol. The summed E-state index contributed by atoms with van der Waals surface area (Å²) in [4.78, 5) is 0. The molecule has 0 unspecified atom stereocenters. The van der Waals surface area contributed by atoms with Gasteiger partial charge in [-0.2, -0.15) is 0 Å². The zero-order valence-electron chi connectivity index (χ0n) is 8.56. The van der Waals surface area contributed by atoms with Crippen LogP contribution in [-0.4, -0.2) is 5.88 Å². The van der Waals surface area contributed by atoms with Crippen molar-refractivity contribution < 1.29 is 4.39 Å². The Morgan fingerprint density at radius 1 is 1.47 bits per heavy atom. The third-order valence-corrected chi connectivity index (χ3v) is 2.68. The maximum atomic E-state index is 13.1. The minimum atomic E-state index is -0.204. The maximum absolute atomic E-state index is 13.1. The second kappa shape index (κ2) is 6.29. The molecule has 0 heterocycles. The van der Waals surface area contributed by atoms with Crippen LogP contribution in [0.1, 0.15) is 18.9 Å². The molecule has 1 aromatic carbocycles. The monoisotopic (exact) mass is 290 g/mol.